The van der Waals surface area contributed by atoms with Gasteiger partial charge in [-0.15, -0.1) is 0 Å². The van der Waals surface area contributed by atoms with E-state index >= 15 is 0 Å². The molecule has 1 fully saturated rings. The molecular formula is C26H22N4O2. The van der Waals surface area contributed by atoms with Crippen molar-refractivity contribution in [2.24, 2.45) is 16.6 Å². The highest BCUT2D eigenvalue weighted by atomic mass is 16.5. The first-order chi connectivity index (χ1) is 15.7. The maximum absolute atomic E-state index is 6.28. The van der Waals surface area contributed by atoms with E-state index in [0.29, 0.717) is 12.5 Å². The minimum Gasteiger partial charge on any atom is -0.462 e. The third-order valence-corrected chi connectivity index (χ3v) is 6.47. The highest BCUT2D eigenvalue weighted by Crippen LogP contribution is 2.51. The van der Waals surface area contributed by atoms with Crippen molar-refractivity contribution < 1.29 is 9.47 Å². The Kier molecular flexibility index (Phi) is 4.36. The molecule has 6 rings (SSSR count). The van der Waals surface area contributed by atoms with Gasteiger partial charge in [-0.1, -0.05) is 30.7 Å². The van der Waals surface area contributed by atoms with E-state index in [9.17, 15) is 0 Å². The summed E-state index contributed by atoms with van der Waals surface area (Å²) in [5.74, 6) is 8.81. The molecular weight excluding hydrogens is 400 g/mol. The van der Waals surface area contributed by atoms with Crippen LogP contribution < -0.4 is 10.5 Å². The summed E-state index contributed by atoms with van der Waals surface area (Å²) in [6.45, 7) is 0.316. The number of nitrogens with two attached hydrogens (primary N) is 1. The highest BCUT2D eigenvalue weighted by Gasteiger charge is 2.47. The van der Waals surface area contributed by atoms with Gasteiger partial charge in [0.2, 0.25) is 0 Å². The zero-order valence-electron chi connectivity index (χ0n) is 17.5. The Morgan fingerprint density at radius 1 is 0.938 bits per heavy atom. The molecule has 2 aliphatic heterocycles. The van der Waals surface area contributed by atoms with E-state index in [2.05, 4.69) is 33.9 Å². The van der Waals surface area contributed by atoms with Crippen LogP contribution >= 0.6 is 0 Å². The molecule has 0 unspecified atom stereocenters. The Balaban J connectivity index is 1.48. The fourth-order valence-corrected chi connectivity index (χ4v) is 4.82. The molecule has 3 heterocycles. The molecule has 1 spiro atoms. The molecule has 6 nitrogen and oxygen atoms in total. The molecule has 1 saturated carbocycles. The van der Waals surface area contributed by atoms with Crippen LogP contribution in [-0.2, 0) is 10.3 Å². The van der Waals surface area contributed by atoms with Gasteiger partial charge in [0.1, 0.15) is 24.4 Å². The lowest BCUT2D eigenvalue weighted by molar-refractivity contribution is 0.264. The zero-order valence-corrected chi connectivity index (χ0v) is 17.5. The van der Waals surface area contributed by atoms with Crippen LogP contribution in [0.5, 0.6) is 11.5 Å². The fourth-order valence-electron chi connectivity index (χ4n) is 4.82. The molecule has 1 aromatic heterocycles. The van der Waals surface area contributed by atoms with Crippen molar-refractivity contribution in [3.63, 3.8) is 0 Å². The number of fused-ring (bicyclic) bond motifs is 4. The summed E-state index contributed by atoms with van der Waals surface area (Å²) in [7, 11) is 0. The number of rotatable bonds is 1. The first-order valence-electron chi connectivity index (χ1n) is 10.9. The summed E-state index contributed by atoms with van der Waals surface area (Å²) in [5, 5.41) is 0. The molecule has 6 heteroatoms. The highest BCUT2D eigenvalue weighted by molar-refractivity contribution is 5.78. The standard InChI is InChI=1S/C26H22N4O2/c27-25-30-26(15-31-25)21-11-18(6-5-17-3-1-2-4-17)7-9-23(21)32-24-10-8-19(12-22(24)26)20-13-28-16-29-14-20/h7-14,16-17H,1-4,15H2,(H2,27,30)/t26-/m1/s1. The van der Waals surface area contributed by atoms with E-state index < -0.39 is 5.54 Å². The second kappa shape index (κ2) is 7.38. The van der Waals surface area contributed by atoms with Crippen molar-refractivity contribution in [1.29, 1.82) is 0 Å². The van der Waals surface area contributed by atoms with E-state index in [0.717, 1.165) is 39.3 Å². The lowest BCUT2D eigenvalue weighted by Gasteiger charge is -2.33. The average molecular weight is 422 g/mol. The van der Waals surface area contributed by atoms with Crippen molar-refractivity contribution in [1.82, 2.24) is 9.97 Å². The number of amidine groups is 1. The smallest absolute Gasteiger partial charge is 0.283 e. The summed E-state index contributed by atoms with van der Waals surface area (Å²) in [5.41, 5.74) is 9.93. The number of aromatic nitrogens is 2. The van der Waals surface area contributed by atoms with Crippen LogP contribution in [0.4, 0.5) is 0 Å². The largest absolute Gasteiger partial charge is 0.462 e. The van der Waals surface area contributed by atoms with Gasteiger partial charge in [0, 0.05) is 40.6 Å². The summed E-state index contributed by atoms with van der Waals surface area (Å²) >= 11 is 0. The molecule has 0 bridgehead atoms. The minimum absolute atomic E-state index is 0.180. The normalized spacial score (nSPS) is 21.1. The number of benzene rings is 2. The monoisotopic (exact) mass is 422 g/mol. The fraction of sp³-hybridized carbons (Fsp3) is 0.269. The molecule has 3 aromatic rings. The third kappa shape index (κ3) is 3.09. The SMILES string of the molecule is NC1=N[C@]2(CO1)c1cc(C#CC3CCCC3)ccc1Oc1ccc(-c3cncnc3)cc12. The number of hydrogen-bond acceptors (Lipinski definition) is 6. The van der Waals surface area contributed by atoms with E-state index in [-0.39, 0.29) is 6.02 Å². The molecule has 158 valence electrons. The van der Waals surface area contributed by atoms with Crippen molar-refractivity contribution in [3.05, 3.63) is 71.8 Å². The van der Waals surface area contributed by atoms with Gasteiger partial charge in [-0.25, -0.2) is 15.0 Å². The van der Waals surface area contributed by atoms with Gasteiger partial charge in [-0.05, 0) is 48.7 Å². The lowest BCUT2D eigenvalue weighted by Crippen LogP contribution is -2.31. The van der Waals surface area contributed by atoms with Crippen LogP contribution in [0.15, 0.2) is 60.1 Å². The number of aliphatic imine (C=N–C) groups is 1. The topological polar surface area (TPSA) is 82.6 Å². The van der Waals surface area contributed by atoms with Crippen molar-refractivity contribution in [2.45, 2.75) is 31.2 Å². The summed E-state index contributed by atoms with van der Waals surface area (Å²) in [4.78, 5) is 13.1. The molecule has 0 saturated heterocycles. The molecule has 1 aliphatic carbocycles. The second-order valence-electron chi connectivity index (χ2n) is 8.50. The van der Waals surface area contributed by atoms with Crippen molar-refractivity contribution in [3.8, 4) is 34.5 Å². The number of hydrogen-bond donors (Lipinski definition) is 1. The Hall–Kier alpha value is -3.85. The van der Waals surface area contributed by atoms with Crippen LogP contribution in [0, 0.1) is 17.8 Å². The predicted octanol–water partition coefficient (Wildman–Crippen LogP) is 4.38. The van der Waals surface area contributed by atoms with Gasteiger partial charge in [-0.2, -0.15) is 0 Å². The van der Waals surface area contributed by atoms with E-state index in [1.165, 1.54) is 32.0 Å². The third-order valence-electron chi connectivity index (χ3n) is 6.47. The molecule has 0 amide bonds. The van der Waals surface area contributed by atoms with Crippen LogP contribution in [0.3, 0.4) is 0 Å². The van der Waals surface area contributed by atoms with Gasteiger partial charge in [0.15, 0.2) is 5.54 Å². The summed E-state index contributed by atoms with van der Waals surface area (Å²) < 4.78 is 12.0. The average Bonchev–Trinajstić information content (AvgIpc) is 3.49. The van der Waals surface area contributed by atoms with Crippen LogP contribution in [0.2, 0.25) is 0 Å². The van der Waals surface area contributed by atoms with E-state index in [4.69, 9.17) is 20.2 Å². The Labute approximate surface area is 186 Å². The first kappa shape index (κ1) is 18.9. The van der Waals surface area contributed by atoms with E-state index in [1.54, 1.807) is 12.4 Å². The summed E-state index contributed by atoms with van der Waals surface area (Å²) in [6.07, 6.45) is 10.0. The minimum atomic E-state index is -0.774. The van der Waals surface area contributed by atoms with Crippen molar-refractivity contribution >= 4 is 6.02 Å². The molecule has 3 aliphatic rings. The number of ether oxygens (including phenoxy) is 2. The zero-order chi connectivity index (χ0) is 21.5. The Bertz CT molecular complexity index is 1290. The molecule has 0 radical (unpaired) electrons. The van der Waals surface area contributed by atoms with Gasteiger partial charge in [0.05, 0.1) is 0 Å². The number of nitrogens with zero attached hydrogens (tertiary/aromatic N) is 3. The first-order valence-corrected chi connectivity index (χ1v) is 10.9. The maximum atomic E-state index is 6.28. The Morgan fingerprint density at radius 3 is 2.44 bits per heavy atom. The molecule has 1 atom stereocenters. The summed E-state index contributed by atoms with van der Waals surface area (Å²) in [6, 6.07) is 12.3. The second-order valence-corrected chi connectivity index (χ2v) is 8.50. The Morgan fingerprint density at radius 2 is 1.69 bits per heavy atom. The lowest BCUT2D eigenvalue weighted by atomic mass is 9.80. The van der Waals surface area contributed by atoms with Crippen molar-refractivity contribution in [2.75, 3.05) is 6.61 Å². The van der Waals surface area contributed by atoms with Crippen LogP contribution in [0.1, 0.15) is 42.4 Å². The predicted molar refractivity (Wildman–Crippen MR) is 121 cm³/mol. The van der Waals surface area contributed by atoms with E-state index in [1.807, 2.05) is 24.3 Å². The molecule has 2 N–H and O–H groups in total. The molecule has 2 aromatic carbocycles. The molecule has 32 heavy (non-hydrogen) atoms. The van der Waals surface area contributed by atoms with Gasteiger partial charge in [0.25, 0.3) is 6.02 Å². The van der Waals surface area contributed by atoms with Gasteiger partial charge >= 0.3 is 0 Å². The van der Waals surface area contributed by atoms with Gasteiger partial charge in [-0.3, -0.25) is 0 Å². The van der Waals surface area contributed by atoms with Gasteiger partial charge < -0.3 is 15.2 Å². The quantitative estimate of drug-likeness (QED) is 0.589. The van der Waals surface area contributed by atoms with Crippen LogP contribution in [0.25, 0.3) is 11.1 Å². The van der Waals surface area contributed by atoms with Crippen LogP contribution in [-0.4, -0.2) is 22.6 Å². The maximum Gasteiger partial charge on any atom is 0.283 e.